The van der Waals surface area contributed by atoms with E-state index in [1.807, 2.05) is 24.5 Å². The average molecular weight is 349 g/mol. The topological polar surface area (TPSA) is 108 Å². The number of H-pyrrole nitrogens is 1. The minimum absolute atomic E-state index is 0.410. The Kier molecular flexibility index (Phi) is 3.56. The van der Waals surface area contributed by atoms with Gasteiger partial charge in [0.25, 0.3) is 0 Å². The maximum atomic E-state index is 5.73. The fourth-order valence-corrected chi connectivity index (χ4v) is 3.50. The van der Waals surface area contributed by atoms with Gasteiger partial charge in [-0.1, -0.05) is 6.07 Å². The molecule has 132 valence electrons. The molecule has 1 aliphatic rings. The highest BCUT2D eigenvalue weighted by Crippen LogP contribution is 2.24. The molecule has 26 heavy (non-hydrogen) atoms. The van der Waals surface area contributed by atoms with Crippen molar-refractivity contribution in [2.45, 2.75) is 19.4 Å². The van der Waals surface area contributed by atoms with E-state index in [4.69, 9.17) is 15.5 Å². The Labute approximate surface area is 149 Å². The largest absolute Gasteiger partial charge is 0.381 e. The third-order valence-electron chi connectivity index (χ3n) is 4.92. The minimum Gasteiger partial charge on any atom is -0.381 e. The summed E-state index contributed by atoms with van der Waals surface area (Å²) < 4.78 is 7.56. The van der Waals surface area contributed by atoms with Crippen molar-refractivity contribution in [2.75, 3.05) is 18.9 Å². The summed E-state index contributed by atoms with van der Waals surface area (Å²) in [4.78, 5) is 21.0. The molecule has 0 saturated carbocycles. The lowest BCUT2D eigenvalue weighted by Crippen LogP contribution is -2.20. The quantitative estimate of drug-likeness (QED) is 0.588. The molecule has 1 aliphatic heterocycles. The molecular formula is C18H19N7O. The van der Waals surface area contributed by atoms with Crippen LogP contribution in [-0.4, -0.2) is 42.7 Å². The van der Waals surface area contributed by atoms with Crippen LogP contribution in [0.4, 0.5) is 5.95 Å². The number of hydrogen-bond donors (Lipinski definition) is 2. The van der Waals surface area contributed by atoms with Gasteiger partial charge in [-0.2, -0.15) is 0 Å². The molecule has 0 amide bonds. The van der Waals surface area contributed by atoms with Crippen LogP contribution in [0.2, 0.25) is 0 Å². The molecule has 3 aromatic heterocycles. The van der Waals surface area contributed by atoms with E-state index in [2.05, 4.69) is 24.5 Å². The summed E-state index contributed by atoms with van der Waals surface area (Å²) in [7, 11) is 0. The van der Waals surface area contributed by atoms with Gasteiger partial charge in [0.15, 0.2) is 17.2 Å². The van der Waals surface area contributed by atoms with Crippen LogP contribution >= 0.6 is 0 Å². The van der Waals surface area contributed by atoms with Crippen LogP contribution in [0.1, 0.15) is 12.8 Å². The van der Waals surface area contributed by atoms with Crippen molar-refractivity contribution in [2.24, 2.45) is 5.92 Å². The Morgan fingerprint density at radius 3 is 2.96 bits per heavy atom. The molecule has 0 unspecified atom stereocenters. The zero-order chi connectivity index (χ0) is 17.5. The van der Waals surface area contributed by atoms with E-state index in [0.29, 0.717) is 17.5 Å². The summed E-state index contributed by atoms with van der Waals surface area (Å²) in [5, 5.41) is 0. The van der Waals surface area contributed by atoms with Crippen molar-refractivity contribution in [3.05, 3.63) is 30.7 Å². The van der Waals surface area contributed by atoms with E-state index in [9.17, 15) is 0 Å². The number of hydrogen-bond acceptors (Lipinski definition) is 6. The van der Waals surface area contributed by atoms with E-state index in [-0.39, 0.29) is 0 Å². The van der Waals surface area contributed by atoms with Crippen LogP contribution in [-0.2, 0) is 11.3 Å². The number of aromatic nitrogens is 6. The standard InChI is InChI=1S/C18H19N7O/c19-18-23-13-2-1-12(7-14(13)24-18)15-8-20-16-17(22-15)25(10-21-16)9-11-3-5-26-6-4-11/h1-2,7-8,10-11H,3-6,9H2,(H3,19,23,24). The summed E-state index contributed by atoms with van der Waals surface area (Å²) >= 11 is 0. The molecule has 1 saturated heterocycles. The number of rotatable bonds is 3. The van der Waals surface area contributed by atoms with Gasteiger partial charge in [0.2, 0.25) is 0 Å². The number of nitrogen functional groups attached to an aromatic ring is 1. The molecule has 5 rings (SSSR count). The second-order valence-corrected chi connectivity index (χ2v) is 6.71. The predicted molar refractivity (Wildman–Crippen MR) is 98.4 cm³/mol. The van der Waals surface area contributed by atoms with Crippen molar-refractivity contribution < 1.29 is 4.74 Å². The third kappa shape index (κ3) is 2.68. The van der Waals surface area contributed by atoms with Gasteiger partial charge in [-0.05, 0) is 30.9 Å². The third-order valence-corrected chi connectivity index (χ3v) is 4.92. The van der Waals surface area contributed by atoms with Crippen LogP contribution in [0.5, 0.6) is 0 Å². The van der Waals surface area contributed by atoms with Gasteiger partial charge in [-0.3, -0.25) is 0 Å². The molecule has 8 heteroatoms. The lowest BCUT2D eigenvalue weighted by atomic mass is 10.0. The van der Waals surface area contributed by atoms with Gasteiger partial charge in [-0.25, -0.2) is 19.9 Å². The zero-order valence-corrected chi connectivity index (χ0v) is 14.2. The molecule has 0 spiro atoms. The molecule has 4 aromatic rings. The first-order valence-electron chi connectivity index (χ1n) is 8.77. The number of aromatic amines is 1. The number of nitrogens with one attached hydrogen (secondary N) is 1. The first-order valence-corrected chi connectivity index (χ1v) is 8.77. The van der Waals surface area contributed by atoms with Crippen molar-refractivity contribution in [3.8, 4) is 11.3 Å². The van der Waals surface area contributed by atoms with Gasteiger partial charge in [0.1, 0.15) is 0 Å². The summed E-state index contributed by atoms with van der Waals surface area (Å²) in [6, 6.07) is 5.91. The Morgan fingerprint density at radius 2 is 2.08 bits per heavy atom. The summed E-state index contributed by atoms with van der Waals surface area (Å²) in [6.45, 7) is 2.57. The fraction of sp³-hybridized carbons (Fsp3) is 0.333. The maximum absolute atomic E-state index is 5.73. The number of ether oxygens (including phenoxy) is 1. The van der Waals surface area contributed by atoms with Gasteiger partial charge >= 0.3 is 0 Å². The molecule has 4 heterocycles. The van der Waals surface area contributed by atoms with Crippen LogP contribution in [0.25, 0.3) is 33.6 Å². The van der Waals surface area contributed by atoms with Gasteiger partial charge in [0, 0.05) is 25.3 Å². The number of fused-ring (bicyclic) bond motifs is 2. The van der Waals surface area contributed by atoms with E-state index >= 15 is 0 Å². The minimum atomic E-state index is 0.410. The first kappa shape index (κ1) is 15.3. The Morgan fingerprint density at radius 1 is 1.19 bits per heavy atom. The molecule has 0 bridgehead atoms. The molecule has 0 radical (unpaired) electrons. The second-order valence-electron chi connectivity index (χ2n) is 6.71. The lowest BCUT2D eigenvalue weighted by molar-refractivity contribution is 0.0615. The smallest absolute Gasteiger partial charge is 0.198 e. The highest BCUT2D eigenvalue weighted by atomic mass is 16.5. The summed E-state index contributed by atoms with van der Waals surface area (Å²) in [6.07, 6.45) is 5.74. The fourth-order valence-electron chi connectivity index (χ4n) is 3.50. The molecule has 0 aliphatic carbocycles. The Bertz CT molecular complexity index is 1080. The van der Waals surface area contributed by atoms with Crippen molar-refractivity contribution in [3.63, 3.8) is 0 Å². The van der Waals surface area contributed by atoms with Crippen LogP contribution in [0, 0.1) is 5.92 Å². The number of benzene rings is 1. The van der Waals surface area contributed by atoms with E-state index in [1.165, 1.54) is 0 Å². The first-order chi connectivity index (χ1) is 12.8. The molecule has 1 fully saturated rings. The van der Waals surface area contributed by atoms with Crippen LogP contribution in [0.3, 0.4) is 0 Å². The van der Waals surface area contributed by atoms with E-state index < -0.39 is 0 Å². The van der Waals surface area contributed by atoms with Crippen LogP contribution in [0.15, 0.2) is 30.7 Å². The summed E-state index contributed by atoms with van der Waals surface area (Å²) in [5.74, 6) is 1.00. The maximum Gasteiger partial charge on any atom is 0.198 e. The molecular weight excluding hydrogens is 330 g/mol. The van der Waals surface area contributed by atoms with Crippen molar-refractivity contribution in [1.29, 1.82) is 0 Å². The normalized spacial score (nSPS) is 15.8. The second kappa shape index (κ2) is 6.06. The van der Waals surface area contributed by atoms with Crippen LogP contribution < -0.4 is 5.73 Å². The van der Waals surface area contributed by atoms with Gasteiger partial charge in [-0.15, -0.1) is 0 Å². The Hall–Kier alpha value is -3.00. The van der Waals surface area contributed by atoms with E-state index in [0.717, 1.165) is 60.5 Å². The average Bonchev–Trinajstić information content (AvgIpc) is 3.24. The number of nitrogens with two attached hydrogens (primary N) is 1. The monoisotopic (exact) mass is 349 g/mol. The van der Waals surface area contributed by atoms with E-state index in [1.54, 1.807) is 6.20 Å². The molecule has 1 aromatic carbocycles. The molecule has 8 nitrogen and oxygen atoms in total. The molecule has 0 atom stereocenters. The number of anilines is 1. The SMILES string of the molecule is Nc1nc2ccc(-c3cnc4ncn(CC5CCOCC5)c4n3)cc2[nH]1. The van der Waals surface area contributed by atoms with Gasteiger partial charge in [0.05, 0.1) is 29.3 Å². The highest BCUT2D eigenvalue weighted by molar-refractivity contribution is 5.83. The summed E-state index contributed by atoms with van der Waals surface area (Å²) in [5.41, 5.74) is 10.7. The number of nitrogens with zero attached hydrogens (tertiary/aromatic N) is 5. The lowest BCUT2D eigenvalue weighted by Gasteiger charge is -2.22. The molecule has 3 N–H and O–H groups in total. The van der Waals surface area contributed by atoms with Crippen molar-refractivity contribution in [1.82, 2.24) is 29.5 Å². The Balaban J connectivity index is 1.52. The van der Waals surface area contributed by atoms with Crippen molar-refractivity contribution >= 4 is 28.3 Å². The number of imidazole rings is 2. The van der Waals surface area contributed by atoms with Gasteiger partial charge < -0.3 is 20.0 Å². The predicted octanol–water partition coefficient (Wildman–Crippen LogP) is 2.38. The zero-order valence-electron chi connectivity index (χ0n) is 14.2. The highest BCUT2D eigenvalue weighted by Gasteiger charge is 2.17.